The van der Waals surface area contributed by atoms with Crippen LogP contribution in [0.3, 0.4) is 0 Å². The molecule has 0 aromatic carbocycles. The minimum absolute atomic E-state index is 0.101. The number of amides is 1. The Balaban J connectivity index is 2.18. The Morgan fingerprint density at radius 1 is 1.65 bits per heavy atom. The third-order valence-electron chi connectivity index (χ3n) is 2.85. The molecule has 1 amide bonds. The van der Waals surface area contributed by atoms with E-state index in [1.807, 2.05) is 23.7 Å². The van der Waals surface area contributed by atoms with Crippen molar-refractivity contribution in [2.75, 3.05) is 31.2 Å². The van der Waals surface area contributed by atoms with E-state index in [4.69, 9.17) is 0 Å². The lowest BCUT2D eigenvalue weighted by molar-refractivity contribution is 0.0764. The topological polar surface area (TPSA) is 45.2 Å². The van der Waals surface area contributed by atoms with Crippen LogP contribution < -0.4 is 5.32 Å². The van der Waals surface area contributed by atoms with Crippen LogP contribution in [0.5, 0.6) is 0 Å². The highest BCUT2D eigenvalue weighted by Gasteiger charge is 2.23. The van der Waals surface area contributed by atoms with Gasteiger partial charge in [-0.3, -0.25) is 9.78 Å². The molecule has 1 aliphatic heterocycles. The molecule has 0 radical (unpaired) electrons. The van der Waals surface area contributed by atoms with Crippen molar-refractivity contribution in [2.24, 2.45) is 0 Å². The van der Waals surface area contributed by atoms with Crippen molar-refractivity contribution in [3.05, 3.63) is 24.0 Å². The summed E-state index contributed by atoms with van der Waals surface area (Å²) in [5, 5.41) is 3.53. The third kappa shape index (κ3) is 2.72. The molecule has 1 N–H and O–H groups in total. The molecular formula is C12H17N3OS. The standard InChI is InChI=1S/C12H17N3OS/c1-9-8-15(5-6-17-9)12(16)10-3-4-14-7-11(10)13-2/h3-4,7,9,13H,5-6,8H2,1-2H3. The first-order valence-electron chi connectivity index (χ1n) is 5.75. The normalized spacial score (nSPS) is 20.1. The van der Waals surface area contributed by atoms with E-state index in [2.05, 4.69) is 17.2 Å². The number of nitrogens with zero attached hydrogens (tertiary/aromatic N) is 2. The van der Waals surface area contributed by atoms with Crippen LogP contribution in [0.4, 0.5) is 5.69 Å². The van der Waals surface area contributed by atoms with Gasteiger partial charge in [0.2, 0.25) is 0 Å². The highest BCUT2D eigenvalue weighted by molar-refractivity contribution is 7.99. The molecule has 2 heterocycles. The van der Waals surface area contributed by atoms with Crippen LogP contribution in [0.25, 0.3) is 0 Å². The smallest absolute Gasteiger partial charge is 0.256 e. The molecule has 1 fully saturated rings. The van der Waals surface area contributed by atoms with Gasteiger partial charge >= 0.3 is 0 Å². The van der Waals surface area contributed by atoms with E-state index in [9.17, 15) is 4.79 Å². The van der Waals surface area contributed by atoms with Gasteiger partial charge in [-0.15, -0.1) is 0 Å². The fraction of sp³-hybridized carbons (Fsp3) is 0.500. The molecule has 0 bridgehead atoms. The molecule has 0 saturated carbocycles. The molecule has 1 saturated heterocycles. The van der Waals surface area contributed by atoms with Gasteiger partial charge in [-0.25, -0.2) is 0 Å². The summed E-state index contributed by atoms with van der Waals surface area (Å²) in [4.78, 5) is 18.3. The summed E-state index contributed by atoms with van der Waals surface area (Å²) in [5.74, 6) is 1.12. The molecule has 0 aliphatic carbocycles. The maximum Gasteiger partial charge on any atom is 0.256 e. The number of pyridine rings is 1. The van der Waals surface area contributed by atoms with Crippen molar-refractivity contribution in [1.29, 1.82) is 0 Å². The van der Waals surface area contributed by atoms with E-state index in [0.717, 1.165) is 24.5 Å². The van der Waals surface area contributed by atoms with Crippen LogP contribution >= 0.6 is 11.8 Å². The molecule has 2 rings (SSSR count). The zero-order chi connectivity index (χ0) is 12.3. The van der Waals surface area contributed by atoms with Gasteiger partial charge in [0.05, 0.1) is 17.4 Å². The molecule has 1 aromatic heterocycles. The van der Waals surface area contributed by atoms with Crippen molar-refractivity contribution in [1.82, 2.24) is 9.88 Å². The van der Waals surface area contributed by atoms with Crippen LogP contribution in [-0.2, 0) is 0 Å². The second-order valence-corrected chi connectivity index (χ2v) is 5.65. The summed E-state index contributed by atoms with van der Waals surface area (Å²) >= 11 is 1.92. The summed E-state index contributed by atoms with van der Waals surface area (Å²) in [7, 11) is 1.81. The molecular weight excluding hydrogens is 234 g/mol. The lowest BCUT2D eigenvalue weighted by Crippen LogP contribution is -2.41. The van der Waals surface area contributed by atoms with Gasteiger partial charge in [-0.2, -0.15) is 11.8 Å². The van der Waals surface area contributed by atoms with Gasteiger partial charge in [0.1, 0.15) is 0 Å². The first kappa shape index (κ1) is 12.2. The second-order valence-electron chi connectivity index (χ2n) is 4.10. The fourth-order valence-electron chi connectivity index (χ4n) is 1.95. The number of carbonyl (C=O) groups is 1. The van der Waals surface area contributed by atoms with Crippen LogP contribution in [0.15, 0.2) is 18.5 Å². The summed E-state index contributed by atoms with van der Waals surface area (Å²) in [5.41, 5.74) is 1.50. The Morgan fingerprint density at radius 2 is 2.47 bits per heavy atom. The molecule has 92 valence electrons. The Morgan fingerprint density at radius 3 is 3.18 bits per heavy atom. The monoisotopic (exact) mass is 251 g/mol. The Bertz CT molecular complexity index is 410. The van der Waals surface area contributed by atoms with E-state index in [1.54, 1.807) is 18.5 Å². The number of rotatable bonds is 2. The number of carbonyl (C=O) groups excluding carboxylic acids is 1. The largest absolute Gasteiger partial charge is 0.386 e. The van der Waals surface area contributed by atoms with Gasteiger partial charge in [0.25, 0.3) is 5.91 Å². The van der Waals surface area contributed by atoms with E-state index in [1.165, 1.54) is 0 Å². The Labute approximate surface area is 106 Å². The molecule has 1 aliphatic rings. The van der Waals surface area contributed by atoms with Gasteiger partial charge in [0.15, 0.2) is 0 Å². The minimum atomic E-state index is 0.101. The third-order valence-corrected chi connectivity index (χ3v) is 3.99. The van der Waals surface area contributed by atoms with Gasteiger partial charge in [-0.1, -0.05) is 6.92 Å². The van der Waals surface area contributed by atoms with Crippen molar-refractivity contribution in [3.8, 4) is 0 Å². The molecule has 17 heavy (non-hydrogen) atoms. The average Bonchev–Trinajstić information content (AvgIpc) is 2.38. The van der Waals surface area contributed by atoms with Crippen molar-refractivity contribution in [3.63, 3.8) is 0 Å². The first-order chi connectivity index (χ1) is 8.22. The summed E-state index contributed by atoms with van der Waals surface area (Å²) in [6, 6.07) is 1.78. The maximum absolute atomic E-state index is 12.4. The fourth-order valence-corrected chi connectivity index (χ4v) is 2.97. The molecule has 1 unspecified atom stereocenters. The van der Waals surface area contributed by atoms with Crippen molar-refractivity contribution < 1.29 is 4.79 Å². The van der Waals surface area contributed by atoms with Gasteiger partial charge in [0, 0.05) is 37.3 Å². The predicted molar refractivity (Wildman–Crippen MR) is 71.6 cm³/mol. The SMILES string of the molecule is CNc1cnccc1C(=O)N1CCSC(C)C1. The maximum atomic E-state index is 12.4. The van der Waals surface area contributed by atoms with E-state index in [0.29, 0.717) is 10.8 Å². The van der Waals surface area contributed by atoms with Crippen molar-refractivity contribution >= 4 is 23.4 Å². The molecule has 5 heteroatoms. The highest BCUT2D eigenvalue weighted by atomic mass is 32.2. The predicted octanol–water partition coefficient (Wildman–Crippen LogP) is 1.70. The number of hydrogen-bond acceptors (Lipinski definition) is 4. The zero-order valence-corrected chi connectivity index (χ0v) is 11.0. The van der Waals surface area contributed by atoms with Gasteiger partial charge in [-0.05, 0) is 6.07 Å². The Hall–Kier alpha value is -1.23. The van der Waals surface area contributed by atoms with E-state index >= 15 is 0 Å². The summed E-state index contributed by atoms with van der Waals surface area (Å²) in [6.45, 7) is 3.82. The van der Waals surface area contributed by atoms with Gasteiger partial charge < -0.3 is 10.2 Å². The summed E-state index contributed by atoms with van der Waals surface area (Å²) < 4.78 is 0. The lowest BCUT2D eigenvalue weighted by Gasteiger charge is -2.31. The number of hydrogen-bond donors (Lipinski definition) is 1. The molecule has 1 aromatic rings. The zero-order valence-electron chi connectivity index (χ0n) is 10.1. The number of thioether (sulfide) groups is 1. The molecule has 1 atom stereocenters. The average molecular weight is 251 g/mol. The highest BCUT2D eigenvalue weighted by Crippen LogP contribution is 2.21. The number of aromatic nitrogens is 1. The molecule has 0 spiro atoms. The van der Waals surface area contributed by atoms with E-state index in [-0.39, 0.29) is 5.91 Å². The quantitative estimate of drug-likeness (QED) is 0.869. The van der Waals surface area contributed by atoms with Crippen LogP contribution in [0.2, 0.25) is 0 Å². The van der Waals surface area contributed by atoms with E-state index < -0.39 is 0 Å². The first-order valence-corrected chi connectivity index (χ1v) is 6.80. The summed E-state index contributed by atoms with van der Waals surface area (Å²) in [6.07, 6.45) is 3.35. The molecule has 4 nitrogen and oxygen atoms in total. The van der Waals surface area contributed by atoms with Crippen LogP contribution in [0.1, 0.15) is 17.3 Å². The van der Waals surface area contributed by atoms with Crippen LogP contribution in [-0.4, -0.2) is 46.9 Å². The number of nitrogens with one attached hydrogen (secondary N) is 1. The minimum Gasteiger partial charge on any atom is -0.386 e. The van der Waals surface area contributed by atoms with Crippen molar-refractivity contribution in [2.45, 2.75) is 12.2 Å². The lowest BCUT2D eigenvalue weighted by atomic mass is 10.2. The Kier molecular flexibility index (Phi) is 3.89. The van der Waals surface area contributed by atoms with Crippen LogP contribution in [0, 0.1) is 0 Å². The second kappa shape index (κ2) is 5.40. The number of anilines is 1.